The SMILES string of the molecule is NCCc1nc(C(=O)c2cc(Cl)cnc2N)cs1. The number of ketones is 1. The van der Waals surface area contributed by atoms with Gasteiger partial charge in [0.1, 0.15) is 11.5 Å². The van der Waals surface area contributed by atoms with Crippen LogP contribution in [0.1, 0.15) is 21.1 Å². The molecule has 2 aromatic rings. The van der Waals surface area contributed by atoms with Crippen molar-refractivity contribution in [1.82, 2.24) is 9.97 Å². The van der Waals surface area contributed by atoms with Crippen LogP contribution in [0, 0.1) is 0 Å². The maximum absolute atomic E-state index is 12.2. The summed E-state index contributed by atoms with van der Waals surface area (Å²) >= 11 is 7.20. The summed E-state index contributed by atoms with van der Waals surface area (Å²) < 4.78 is 0. The van der Waals surface area contributed by atoms with Crippen LogP contribution in [-0.4, -0.2) is 22.3 Å². The molecule has 7 heteroatoms. The number of aromatic nitrogens is 2. The van der Waals surface area contributed by atoms with E-state index in [1.54, 1.807) is 5.38 Å². The summed E-state index contributed by atoms with van der Waals surface area (Å²) in [5.41, 5.74) is 11.7. The van der Waals surface area contributed by atoms with Crippen molar-refractivity contribution in [3.8, 4) is 0 Å². The Kier molecular flexibility index (Phi) is 3.90. The molecule has 0 atom stereocenters. The Balaban J connectivity index is 2.32. The first kappa shape index (κ1) is 12.9. The van der Waals surface area contributed by atoms with Crippen molar-refractivity contribution in [2.24, 2.45) is 5.73 Å². The van der Waals surface area contributed by atoms with Crippen LogP contribution in [0.15, 0.2) is 17.6 Å². The molecule has 94 valence electrons. The third kappa shape index (κ3) is 2.66. The molecule has 0 aliphatic carbocycles. The quantitative estimate of drug-likeness (QED) is 0.829. The number of thiazole rings is 1. The highest BCUT2D eigenvalue weighted by Crippen LogP contribution is 2.20. The maximum atomic E-state index is 12.2. The molecule has 0 spiro atoms. The minimum Gasteiger partial charge on any atom is -0.383 e. The van der Waals surface area contributed by atoms with E-state index in [-0.39, 0.29) is 17.2 Å². The molecular weight excluding hydrogens is 272 g/mol. The van der Waals surface area contributed by atoms with Crippen LogP contribution in [0.3, 0.4) is 0 Å². The summed E-state index contributed by atoms with van der Waals surface area (Å²) in [6.45, 7) is 0.502. The topological polar surface area (TPSA) is 94.9 Å². The van der Waals surface area contributed by atoms with Gasteiger partial charge in [-0.25, -0.2) is 9.97 Å². The van der Waals surface area contributed by atoms with Gasteiger partial charge in [-0.15, -0.1) is 11.3 Å². The Morgan fingerprint density at radius 3 is 3.00 bits per heavy atom. The number of pyridine rings is 1. The number of carbonyl (C=O) groups is 1. The number of hydrogen-bond donors (Lipinski definition) is 2. The highest BCUT2D eigenvalue weighted by atomic mass is 35.5. The lowest BCUT2D eigenvalue weighted by Crippen LogP contribution is -2.08. The molecule has 2 heterocycles. The molecule has 0 unspecified atom stereocenters. The molecule has 0 fully saturated rings. The second-order valence-electron chi connectivity index (χ2n) is 3.58. The van der Waals surface area contributed by atoms with Gasteiger partial charge in [0.05, 0.1) is 15.6 Å². The minimum absolute atomic E-state index is 0.151. The number of halogens is 1. The lowest BCUT2D eigenvalue weighted by molar-refractivity contribution is 0.103. The summed E-state index contributed by atoms with van der Waals surface area (Å²) in [4.78, 5) is 20.2. The van der Waals surface area contributed by atoms with Crippen LogP contribution in [-0.2, 0) is 6.42 Å². The van der Waals surface area contributed by atoms with Crippen molar-refractivity contribution in [3.63, 3.8) is 0 Å². The van der Waals surface area contributed by atoms with Gasteiger partial charge < -0.3 is 11.5 Å². The van der Waals surface area contributed by atoms with Gasteiger partial charge in [0.25, 0.3) is 0 Å². The van der Waals surface area contributed by atoms with Crippen LogP contribution in [0.2, 0.25) is 5.02 Å². The third-order valence-electron chi connectivity index (χ3n) is 2.27. The lowest BCUT2D eigenvalue weighted by atomic mass is 10.1. The van der Waals surface area contributed by atoms with Gasteiger partial charge in [0.15, 0.2) is 0 Å². The number of anilines is 1. The Morgan fingerprint density at radius 1 is 1.50 bits per heavy atom. The smallest absolute Gasteiger partial charge is 0.215 e. The number of carbonyl (C=O) groups excluding carboxylic acids is 1. The first-order valence-corrected chi connectivity index (χ1v) is 6.47. The van der Waals surface area contributed by atoms with Gasteiger partial charge in [-0.1, -0.05) is 11.6 Å². The molecule has 18 heavy (non-hydrogen) atoms. The highest BCUT2D eigenvalue weighted by molar-refractivity contribution is 7.09. The fourth-order valence-corrected chi connectivity index (χ4v) is 2.38. The van der Waals surface area contributed by atoms with Gasteiger partial charge >= 0.3 is 0 Å². The molecule has 0 saturated heterocycles. The normalized spacial score (nSPS) is 10.6. The van der Waals surface area contributed by atoms with E-state index in [9.17, 15) is 4.79 Å². The van der Waals surface area contributed by atoms with Gasteiger partial charge in [-0.2, -0.15) is 0 Å². The fraction of sp³-hybridized carbons (Fsp3) is 0.182. The van der Waals surface area contributed by atoms with Crippen molar-refractivity contribution in [2.75, 3.05) is 12.3 Å². The molecule has 0 amide bonds. The molecule has 0 aromatic carbocycles. The second-order valence-corrected chi connectivity index (χ2v) is 4.96. The average molecular weight is 283 g/mol. The van der Waals surface area contributed by atoms with Crippen LogP contribution in [0.25, 0.3) is 0 Å². The van der Waals surface area contributed by atoms with E-state index in [0.717, 1.165) is 5.01 Å². The van der Waals surface area contributed by atoms with Crippen LogP contribution < -0.4 is 11.5 Å². The van der Waals surface area contributed by atoms with E-state index >= 15 is 0 Å². The molecule has 0 aliphatic rings. The van der Waals surface area contributed by atoms with Crippen molar-refractivity contribution < 1.29 is 4.79 Å². The van der Waals surface area contributed by atoms with Crippen molar-refractivity contribution in [1.29, 1.82) is 0 Å². The van der Waals surface area contributed by atoms with E-state index in [2.05, 4.69) is 9.97 Å². The summed E-state index contributed by atoms with van der Waals surface area (Å²) in [5.74, 6) is -0.125. The fourth-order valence-electron chi connectivity index (χ4n) is 1.42. The highest BCUT2D eigenvalue weighted by Gasteiger charge is 2.17. The zero-order valence-corrected chi connectivity index (χ0v) is 11.0. The molecule has 2 aromatic heterocycles. The Labute approximate surface area is 113 Å². The van der Waals surface area contributed by atoms with E-state index < -0.39 is 0 Å². The minimum atomic E-state index is -0.276. The summed E-state index contributed by atoms with van der Waals surface area (Å²) in [6.07, 6.45) is 2.05. The van der Waals surface area contributed by atoms with Crippen molar-refractivity contribution in [2.45, 2.75) is 6.42 Å². The molecule has 4 N–H and O–H groups in total. The van der Waals surface area contributed by atoms with E-state index in [4.69, 9.17) is 23.1 Å². The molecule has 0 saturated carbocycles. The zero-order chi connectivity index (χ0) is 13.1. The Morgan fingerprint density at radius 2 is 2.28 bits per heavy atom. The standard InChI is InChI=1S/C11H11ClN4OS/c12-6-3-7(11(14)15-4-6)10(17)8-5-18-9(16-8)1-2-13/h3-5H,1-2,13H2,(H2,14,15). The first-order valence-electron chi connectivity index (χ1n) is 5.22. The second kappa shape index (κ2) is 5.43. The summed E-state index contributed by atoms with van der Waals surface area (Å²) in [5, 5.41) is 2.88. The summed E-state index contributed by atoms with van der Waals surface area (Å²) in [7, 11) is 0. The molecule has 0 aliphatic heterocycles. The monoisotopic (exact) mass is 282 g/mol. The van der Waals surface area contributed by atoms with Gasteiger partial charge in [0, 0.05) is 18.0 Å². The van der Waals surface area contributed by atoms with E-state index in [0.29, 0.717) is 23.7 Å². The van der Waals surface area contributed by atoms with E-state index in [1.807, 2.05) is 0 Å². The number of nitrogen functional groups attached to an aromatic ring is 1. The molecule has 0 radical (unpaired) electrons. The van der Waals surface area contributed by atoms with Gasteiger partial charge in [-0.05, 0) is 12.6 Å². The van der Waals surface area contributed by atoms with Crippen LogP contribution in [0.5, 0.6) is 0 Å². The molecule has 0 bridgehead atoms. The lowest BCUT2D eigenvalue weighted by Gasteiger charge is -2.02. The number of rotatable bonds is 4. The number of nitrogens with zero attached hydrogens (tertiary/aromatic N) is 2. The van der Waals surface area contributed by atoms with E-state index in [1.165, 1.54) is 23.6 Å². The van der Waals surface area contributed by atoms with Crippen LogP contribution >= 0.6 is 22.9 Å². The Bertz CT molecular complexity index is 584. The maximum Gasteiger partial charge on any atom is 0.215 e. The molecular formula is C11H11ClN4OS. The zero-order valence-electron chi connectivity index (χ0n) is 9.39. The van der Waals surface area contributed by atoms with Crippen molar-refractivity contribution >= 4 is 34.5 Å². The predicted molar refractivity (Wildman–Crippen MR) is 72.0 cm³/mol. The summed E-state index contributed by atoms with van der Waals surface area (Å²) in [6, 6.07) is 1.49. The molecule has 5 nitrogen and oxygen atoms in total. The van der Waals surface area contributed by atoms with Crippen LogP contribution in [0.4, 0.5) is 5.82 Å². The number of hydrogen-bond acceptors (Lipinski definition) is 6. The predicted octanol–water partition coefficient (Wildman–Crippen LogP) is 1.51. The number of nitrogens with two attached hydrogens (primary N) is 2. The molecule has 2 rings (SSSR count). The third-order valence-corrected chi connectivity index (χ3v) is 3.39. The first-order chi connectivity index (χ1) is 8.61. The van der Waals surface area contributed by atoms with Crippen molar-refractivity contribution in [3.05, 3.63) is 38.9 Å². The Hall–Kier alpha value is -1.50. The average Bonchev–Trinajstić information content (AvgIpc) is 2.80. The van der Waals surface area contributed by atoms with Gasteiger partial charge in [-0.3, -0.25) is 4.79 Å². The largest absolute Gasteiger partial charge is 0.383 e. The van der Waals surface area contributed by atoms with Gasteiger partial charge in [0.2, 0.25) is 5.78 Å².